The van der Waals surface area contributed by atoms with E-state index < -0.39 is 12.0 Å². The molecule has 1 saturated heterocycles. The van der Waals surface area contributed by atoms with Crippen molar-refractivity contribution in [2.45, 2.75) is 45.6 Å². The number of carbonyl (C=O) groups is 2. The van der Waals surface area contributed by atoms with Gasteiger partial charge in [0.15, 0.2) is 0 Å². The van der Waals surface area contributed by atoms with Gasteiger partial charge in [-0.2, -0.15) is 0 Å². The van der Waals surface area contributed by atoms with Crippen LogP contribution in [0.4, 0.5) is 4.79 Å². The van der Waals surface area contributed by atoms with Gasteiger partial charge in [0.25, 0.3) is 0 Å². The van der Waals surface area contributed by atoms with E-state index in [9.17, 15) is 9.59 Å². The molecule has 1 atom stereocenters. The molecule has 2 fully saturated rings. The number of nitrogens with one attached hydrogen (secondary N) is 1. The predicted molar refractivity (Wildman–Crippen MR) is 80.2 cm³/mol. The van der Waals surface area contributed by atoms with Gasteiger partial charge in [0.1, 0.15) is 6.04 Å². The maximum Gasteiger partial charge on any atom is 0.320 e. The fourth-order valence-corrected chi connectivity index (χ4v) is 3.18. The van der Waals surface area contributed by atoms with Gasteiger partial charge < -0.3 is 15.3 Å². The third-order valence-corrected chi connectivity index (χ3v) is 5.29. The van der Waals surface area contributed by atoms with E-state index in [0.29, 0.717) is 31.6 Å². The van der Waals surface area contributed by atoms with Crippen molar-refractivity contribution in [3.05, 3.63) is 0 Å². The molecule has 2 amide bonds. The first-order chi connectivity index (χ1) is 9.97. The first kappa shape index (κ1) is 16.1. The van der Waals surface area contributed by atoms with E-state index in [1.165, 1.54) is 19.3 Å². The van der Waals surface area contributed by atoms with Crippen molar-refractivity contribution >= 4 is 12.0 Å². The van der Waals surface area contributed by atoms with Crippen LogP contribution in [0.1, 0.15) is 39.5 Å². The Labute approximate surface area is 126 Å². The van der Waals surface area contributed by atoms with Crippen molar-refractivity contribution in [1.29, 1.82) is 0 Å². The maximum atomic E-state index is 12.2. The Morgan fingerprint density at radius 3 is 2.29 bits per heavy atom. The van der Waals surface area contributed by atoms with Crippen LogP contribution in [-0.2, 0) is 4.79 Å². The molecule has 2 rings (SSSR count). The van der Waals surface area contributed by atoms with Crippen LogP contribution in [0.3, 0.4) is 0 Å². The van der Waals surface area contributed by atoms with Crippen molar-refractivity contribution in [3.63, 3.8) is 0 Å². The number of amides is 2. The minimum absolute atomic E-state index is 0.00245. The number of nitrogens with zero attached hydrogens (tertiary/aromatic N) is 2. The fourth-order valence-electron chi connectivity index (χ4n) is 3.18. The van der Waals surface area contributed by atoms with Crippen LogP contribution in [0.15, 0.2) is 0 Å². The first-order valence-corrected chi connectivity index (χ1v) is 7.97. The summed E-state index contributed by atoms with van der Waals surface area (Å²) in [6, 6.07) is -0.481. The highest BCUT2D eigenvalue weighted by Gasteiger charge is 2.36. The number of hydrogen-bond donors (Lipinski definition) is 2. The van der Waals surface area contributed by atoms with Crippen molar-refractivity contribution in [1.82, 2.24) is 15.1 Å². The summed E-state index contributed by atoms with van der Waals surface area (Å²) in [7, 11) is 0. The number of hydrogen-bond acceptors (Lipinski definition) is 3. The molecule has 1 saturated carbocycles. The minimum atomic E-state index is -0.803. The van der Waals surface area contributed by atoms with Crippen molar-refractivity contribution in [2.75, 3.05) is 32.7 Å². The Morgan fingerprint density at radius 2 is 1.86 bits per heavy atom. The number of urea groups is 1. The lowest BCUT2D eigenvalue weighted by Gasteiger charge is -2.42. The molecule has 6 nitrogen and oxygen atoms in total. The molecular formula is C15H27N3O3. The Morgan fingerprint density at radius 1 is 1.24 bits per heavy atom. The molecule has 1 aliphatic heterocycles. The van der Waals surface area contributed by atoms with Gasteiger partial charge in [-0.1, -0.05) is 13.3 Å². The molecule has 6 heteroatoms. The van der Waals surface area contributed by atoms with E-state index >= 15 is 0 Å². The van der Waals surface area contributed by atoms with Gasteiger partial charge in [0.05, 0.1) is 0 Å². The van der Waals surface area contributed by atoms with Crippen LogP contribution in [0.5, 0.6) is 0 Å². The number of carbonyl (C=O) groups excluding carboxylic acids is 1. The summed E-state index contributed by atoms with van der Waals surface area (Å²) in [5.41, 5.74) is 0.329. The first-order valence-electron chi connectivity index (χ1n) is 7.97. The van der Waals surface area contributed by atoms with E-state index in [1.807, 2.05) is 4.90 Å². The predicted octanol–water partition coefficient (Wildman–Crippen LogP) is 1.37. The highest BCUT2D eigenvalue weighted by atomic mass is 16.4. The zero-order valence-corrected chi connectivity index (χ0v) is 13.1. The summed E-state index contributed by atoms with van der Waals surface area (Å²) >= 11 is 0. The molecule has 2 aliphatic rings. The molecule has 1 aliphatic carbocycles. The van der Waals surface area contributed by atoms with Gasteiger partial charge in [0, 0.05) is 32.7 Å². The fraction of sp³-hybridized carbons (Fsp3) is 0.867. The summed E-state index contributed by atoms with van der Waals surface area (Å²) in [4.78, 5) is 26.9. The number of rotatable bonds is 5. The van der Waals surface area contributed by atoms with Crippen LogP contribution in [0.25, 0.3) is 0 Å². The second-order valence-corrected chi connectivity index (χ2v) is 6.40. The molecule has 0 aromatic rings. The monoisotopic (exact) mass is 297 g/mol. The second kappa shape index (κ2) is 6.64. The van der Waals surface area contributed by atoms with E-state index in [1.54, 1.807) is 11.8 Å². The van der Waals surface area contributed by atoms with Crippen LogP contribution in [0.2, 0.25) is 0 Å². The average molecular weight is 297 g/mol. The summed E-state index contributed by atoms with van der Waals surface area (Å²) in [5.74, 6) is -0.803. The molecule has 0 aromatic heterocycles. The van der Waals surface area contributed by atoms with Crippen LogP contribution in [0, 0.1) is 5.41 Å². The standard InChI is InChI=1S/C15H27N3O3/c1-3-15(5-4-6-15)11-16-14(21)18-9-7-17(8-10-18)12(2)13(19)20/h12H,3-11H2,1-2H3,(H,16,21)(H,19,20). The third kappa shape index (κ3) is 3.67. The molecular weight excluding hydrogens is 270 g/mol. The lowest BCUT2D eigenvalue weighted by Crippen LogP contribution is -2.56. The van der Waals surface area contributed by atoms with Crippen LogP contribution >= 0.6 is 0 Å². The van der Waals surface area contributed by atoms with Crippen molar-refractivity contribution in [3.8, 4) is 0 Å². The zero-order chi connectivity index (χ0) is 15.5. The highest BCUT2D eigenvalue weighted by Crippen LogP contribution is 2.43. The third-order valence-electron chi connectivity index (χ3n) is 5.29. The van der Waals surface area contributed by atoms with Gasteiger partial charge in [-0.05, 0) is 31.6 Å². The molecule has 2 N–H and O–H groups in total. The number of aliphatic carboxylic acids is 1. The van der Waals surface area contributed by atoms with Gasteiger partial charge in [-0.15, -0.1) is 0 Å². The zero-order valence-electron chi connectivity index (χ0n) is 13.1. The lowest BCUT2D eigenvalue weighted by molar-refractivity contribution is -0.143. The maximum absolute atomic E-state index is 12.2. The molecule has 1 heterocycles. The molecule has 0 spiro atoms. The average Bonchev–Trinajstić information content (AvgIpc) is 2.45. The summed E-state index contributed by atoms with van der Waals surface area (Å²) in [5, 5.41) is 12.1. The largest absolute Gasteiger partial charge is 0.480 e. The Hall–Kier alpha value is -1.30. The van der Waals surface area contributed by atoms with Gasteiger partial charge in [0.2, 0.25) is 0 Å². The molecule has 0 aromatic carbocycles. The smallest absolute Gasteiger partial charge is 0.320 e. The molecule has 0 bridgehead atoms. The van der Waals surface area contributed by atoms with E-state index in [0.717, 1.165) is 13.0 Å². The Kier molecular flexibility index (Phi) is 5.08. The number of carboxylic acids is 1. The van der Waals surface area contributed by atoms with Gasteiger partial charge >= 0.3 is 12.0 Å². The van der Waals surface area contributed by atoms with Gasteiger partial charge in [-0.25, -0.2) is 4.79 Å². The van der Waals surface area contributed by atoms with Crippen LogP contribution < -0.4 is 5.32 Å². The van der Waals surface area contributed by atoms with Crippen molar-refractivity contribution in [2.24, 2.45) is 5.41 Å². The normalized spacial score (nSPS) is 23.2. The lowest BCUT2D eigenvalue weighted by atomic mass is 9.67. The van der Waals surface area contributed by atoms with E-state index in [4.69, 9.17) is 5.11 Å². The summed E-state index contributed by atoms with van der Waals surface area (Å²) in [6.45, 7) is 7.11. The van der Waals surface area contributed by atoms with E-state index in [-0.39, 0.29) is 6.03 Å². The molecule has 1 unspecified atom stereocenters. The Bertz CT molecular complexity index is 382. The summed E-state index contributed by atoms with van der Waals surface area (Å²) in [6.07, 6.45) is 4.83. The highest BCUT2D eigenvalue weighted by molar-refractivity contribution is 5.75. The van der Waals surface area contributed by atoms with Crippen LogP contribution in [-0.4, -0.2) is 65.7 Å². The molecule has 21 heavy (non-hydrogen) atoms. The minimum Gasteiger partial charge on any atom is -0.480 e. The summed E-state index contributed by atoms with van der Waals surface area (Å²) < 4.78 is 0. The molecule has 120 valence electrons. The Balaban J connectivity index is 1.74. The quantitative estimate of drug-likeness (QED) is 0.804. The van der Waals surface area contributed by atoms with Crippen molar-refractivity contribution < 1.29 is 14.7 Å². The second-order valence-electron chi connectivity index (χ2n) is 6.40. The van der Waals surface area contributed by atoms with Gasteiger partial charge in [-0.3, -0.25) is 9.69 Å². The SMILES string of the molecule is CCC1(CNC(=O)N2CCN(C(C)C(=O)O)CC2)CCC1. The van der Waals surface area contributed by atoms with E-state index in [2.05, 4.69) is 12.2 Å². The topological polar surface area (TPSA) is 72.9 Å². The molecule has 0 radical (unpaired) electrons. The number of carboxylic acid groups (broad SMARTS) is 1. The number of piperazine rings is 1.